The van der Waals surface area contributed by atoms with Crippen LogP contribution >= 0.6 is 0 Å². The van der Waals surface area contributed by atoms with Crippen molar-refractivity contribution in [1.29, 1.82) is 0 Å². The third kappa shape index (κ3) is 3.52. The second-order valence-corrected chi connectivity index (χ2v) is 7.90. The van der Waals surface area contributed by atoms with Gasteiger partial charge in [-0.2, -0.15) is 0 Å². The molecule has 0 aromatic heterocycles. The van der Waals surface area contributed by atoms with E-state index in [4.69, 9.17) is 5.11 Å². The Bertz CT molecular complexity index is 377. The van der Waals surface area contributed by atoms with Gasteiger partial charge in [-0.25, -0.2) is 0 Å². The predicted octanol–water partition coefficient (Wildman–Crippen LogP) is 2.89. The molecule has 3 heteroatoms. The Morgan fingerprint density at radius 3 is 2.71 bits per heavy atom. The highest BCUT2D eigenvalue weighted by Gasteiger charge is 2.51. The number of allylic oxidation sites excluding steroid dienone is 1. The number of aliphatic hydroxyl groups is 3. The van der Waals surface area contributed by atoms with E-state index >= 15 is 0 Å². The standard InChI is InChI=1S/C18H32O3/c1-13(6-4-10-17(2,21)12-19)14-8-9-15-16(20)7-5-11-18(14,15)3/h4,6,13-16,19-21H,5,7-12H2,1-3H3. The van der Waals surface area contributed by atoms with Crippen LogP contribution in [0.3, 0.4) is 0 Å². The van der Waals surface area contributed by atoms with E-state index in [0.29, 0.717) is 24.2 Å². The lowest BCUT2D eigenvalue weighted by molar-refractivity contribution is -0.0232. The van der Waals surface area contributed by atoms with E-state index in [1.807, 2.05) is 6.08 Å². The molecule has 0 radical (unpaired) electrons. The van der Waals surface area contributed by atoms with Crippen molar-refractivity contribution in [2.45, 2.75) is 71.0 Å². The highest BCUT2D eigenvalue weighted by Crippen LogP contribution is 2.57. The third-order valence-corrected chi connectivity index (χ3v) is 6.14. The largest absolute Gasteiger partial charge is 0.393 e. The molecule has 6 atom stereocenters. The smallest absolute Gasteiger partial charge is 0.0883 e. The van der Waals surface area contributed by atoms with Crippen molar-refractivity contribution < 1.29 is 15.3 Å². The van der Waals surface area contributed by atoms with Gasteiger partial charge in [0.05, 0.1) is 18.3 Å². The second kappa shape index (κ2) is 6.39. The number of hydrogen-bond donors (Lipinski definition) is 3. The number of fused-ring (bicyclic) bond motifs is 1. The summed E-state index contributed by atoms with van der Waals surface area (Å²) in [5.74, 6) is 1.54. The van der Waals surface area contributed by atoms with Crippen LogP contribution in [0.15, 0.2) is 12.2 Å². The van der Waals surface area contributed by atoms with Gasteiger partial charge >= 0.3 is 0 Å². The first-order chi connectivity index (χ1) is 9.80. The highest BCUT2D eigenvalue weighted by molar-refractivity contribution is 5.05. The van der Waals surface area contributed by atoms with Gasteiger partial charge in [0, 0.05) is 0 Å². The first-order valence-electron chi connectivity index (χ1n) is 8.48. The van der Waals surface area contributed by atoms with Gasteiger partial charge in [0.15, 0.2) is 0 Å². The summed E-state index contributed by atoms with van der Waals surface area (Å²) in [5.41, 5.74) is -0.750. The molecule has 0 amide bonds. The minimum Gasteiger partial charge on any atom is -0.393 e. The summed E-state index contributed by atoms with van der Waals surface area (Å²) >= 11 is 0. The summed E-state index contributed by atoms with van der Waals surface area (Å²) in [6, 6.07) is 0. The Morgan fingerprint density at radius 2 is 2.05 bits per heavy atom. The van der Waals surface area contributed by atoms with Crippen LogP contribution < -0.4 is 0 Å². The average molecular weight is 296 g/mol. The summed E-state index contributed by atoms with van der Waals surface area (Å²) in [7, 11) is 0. The molecule has 6 unspecified atom stereocenters. The summed E-state index contributed by atoms with van der Waals surface area (Å²) in [4.78, 5) is 0. The molecule has 0 saturated heterocycles. The molecule has 0 aromatic rings. The van der Waals surface area contributed by atoms with E-state index in [9.17, 15) is 10.2 Å². The average Bonchev–Trinajstić information content (AvgIpc) is 2.77. The Balaban J connectivity index is 2.00. The van der Waals surface area contributed by atoms with Crippen LogP contribution in [-0.2, 0) is 0 Å². The summed E-state index contributed by atoms with van der Waals surface area (Å²) in [6.45, 7) is 6.07. The second-order valence-electron chi connectivity index (χ2n) is 7.90. The van der Waals surface area contributed by atoms with Gasteiger partial charge in [-0.1, -0.05) is 32.4 Å². The van der Waals surface area contributed by atoms with Gasteiger partial charge in [-0.15, -0.1) is 0 Å². The van der Waals surface area contributed by atoms with E-state index in [-0.39, 0.29) is 18.1 Å². The lowest BCUT2D eigenvalue weighted by Crippen LogP contribution is -2.41. The molecule has 0 aromatic carbocycles. The van der Waals surface area contributed by atoms with E-state index in [1.165, 1.54) is 12.8 Å². The van der Waals surface area contributed by atoms with Gasteiger partial charge in [-0.05, 0) is 62.2 Å². The molecule has 3 nitrogen and oxygen atoms in total. The molecule has 3 N–H and O–H groups in total. The van der Waals surface area contributed by atoms with Crippen LogP contribution in [0.1, 0.15) is 59.3 Å². The third-order valence-electron chi connectivity index (χ3n) is 6.14. The first-order valence-corrected chi connectivity index (χ1v) is 8.48. The zero-order chi connectivity index (χ0) is 15.7. The van der Waals surface area contributed by atoms with E-state index in [1.54, 1.807) is 6.92 Å². The topological polar surface area (TPSA) is 60.7 Å². The van der Waals surface area contributed by atoms with Gasteiger partial charge in [-0.3, -0.25) is 0 Å². The Kier molecular flexibility index (Phi) is 5.17. The molecule has 0 heterocycles. The van der Waals surface area contributed by atoms with Crippen LogP contribution in [-0.4, -0.2) is 33.6 Å². The number of aliphatic hydroxyl groups excluding tert-OH is 2. The normalized spacial score (nSPS) is 41.0. The van der Waals surface area contributed by atoms with Gasteiger partial charge in [0.25, 0.3) is 0 Å². The molecule has 0 bridgehead atoms. The van der Waals surface area contributed by atoms with Crippen molar-refractivity contribution in [3.63, 3.8) is 0 Å². The van der Waals surface area contributed by atoms with Gasteiger partial charge in [0.1, 0.15) is 0 Å². The molecule has 2 aliphatic carbocycles. The minimum absolute atomic E-state index is 0.111. The molecule has 0 spiro atoms. The van der Waals surface area contributed by atoms with Crippen LogP contribution in [0.25, 0.3) is 0 Å². The maximum absolute atomic E-state index is 10.3. The molecule has 2 saturated carbocycles. The summed E-state index contributed by atoms with van der Waals surface area (Å²) in [5, 5.41) is 29.2. The molecule has 2 fully saturated rings. The summed E-state index contributed by atoms with van der Waals surface area (Å²) < 4.78 is 0. The Morgan fingerprint density at radius 1 is 1.33 bits per heavy atom. The molecule has 2 aliphatic rings. The monoisotopic (exact) mass is 296 g/mol. The zero-order valence-corrected chi connectivity index (χ0v) is 13.8. The lowest BCUT2D eigenvalue weighted by Gasteiger charge is -2.44. The fourth-order valence-corrected chi connectivity index (χ4v) is 4.79. The number of rotatable bonds is 5. The number of hydrogen-bond acceptors (Lipinski definition) is 3. The molecule has 21 heavy (non-hydrogen) atoms. The van der Waals surface area contributed by atoms with E-state index in [2.05, 4.69) is 19.9 Å². The zero-order valence-electron chi connectivity index (χ0n) is 13.8. The molecule has 122 valence electrons. The van der Waals surface area contributed by atoms with Crippen LogP contribution in [0.2, 0.25) is 0 Å². The highest BCUT2D eigenvalue weighted by atomic mass is 16.3. The quantitative estimate of drug-likeness (QED) is 0.684. The first kappa shape index (κ1) is 17.0. The maximum atomic E-state index is 10.3. The van der Waals surface area contributed by atoms with Crippen molar-refractivity contribution in [3.05, 3.63) is 12.2 Å². The van der Waals surface area contributed by atoms with Crippen LogP contribution in [0.4, 0.5) is 0 Å². The fourth-order valence-electron chi connectivity index (χ4n) is 4.79. The molecular formula is C18H32O3. The lowest BCUT2D eigenvalue weighted by atomic mass is 9.62. The summed E-state index contributed by atoms with van der Waals surface area (Å²) in [6.07, 6.45) is 10.3. The predicted molar refractivity (Wildman–Crippen MR) is 84.8 cm³/mol. The molecular weight excluding hydrogens is 264 g/mol. The van der Waals surface area contributed by atoms with E-state index < -0.39 is 5.60 Å². The van der Waals surface area contributed by atoms with Crippen molar-refractivity contribution in [2.24, 2.45) is 23.2 Å². The van der Waals surface area contributed by atoms with E-state index in [0.717, 1.165) is 19.3 Å². The fraction of sp³-hybridized carbons (Fsp3) is 0.889. The maximum Gasteiger partial charge on any atom is 0.0883 e. The molecule has 0 aliphatic heterocycles. The SMILES string of the molecule is CC(C=CCC(C)(O)CO)C1CCC2C(O)CCCC12C. The van der Waals surface area contributed by atoms with Crippen molar-refractivity contribution >= 4 is 0 Å². The van der Waals surface area contributed by atoms with Gasteiger partial charge in [0.2, 0.25) is 0 Å². The van der Waals surface area contributed by atoms with Crippen LogP contribution in [0.5, 0.6) is 0 Å². The van der Waals surface area contributed by atoms with Crippen LogP contribution in [0, 0.1) is 23.2 Å². The van der Waals surface area contributed by atoms with Crippen molar-refractivity contribution in [3.8, 4) is 0 Å². The Hall–Kier alpha value is -0.380. The molecule has 2 rings (SSSR count). The van der Waals surface area contributed by atoms with Crippen molar-refractivity contribution in [2.75, 3.05) is 6.61 Å². The van der Waals surface area contributed by atoms with Crippen molar-refractivity contribution in [1.82, 2.24) is 0 Å². The Labute approximate surface area is 129 Å². The van der Waals surface area contributed by atoms with Gasteiger partial charge < -0.3 is 15.3 Å². The minimum atomic E-state index is -1.01.